The van der Waals surface area contributed by atoms with Crippen molar-refractivity contribution in [2.24, 2.45) is 5.92 Å². The van der Waals surface area contributed by atoms with Crippen LogP contribution in [0.25, 0.3) is 0 Å². The van der Waals surface area contributed by atoms with Gasteiger partial charge in [-0.2, -0.15) is 0 Å². The molecule has 0 heterocycles. The first kappa shape index (κ1) is 32.2. The maximum absolute atomic E-state index is 11.1. The zero-order valence-corrected chi connectivity index (χ0v) is 28.6. The van der Waals surface area contributed by atoms with Crippen molar-refractivity contribution < 1.29 is 13.7 Å². The van der Waals surface area contributed by atoms with Crippen LogP contribution >= 0.6 is 8.15 Å². The molecule has 0 unspecified atom stereocenters. The highest BCUT2D eigenvalue weighted by atomic mass is 31.1. The third kappa shape index (κ3) is 8.34. The number of hydrogen-bond acceptors (Lipinski definition) is 3. The molecular weight excluding hydrogens is 532 g/mol. The van der Waals surface area contributed by atoms with Gasteiger partial charge in [0.25, 0.3) is 0 Å². The van der Waals surface area contributed by atoms with Crippen LogP contribution in [0.2, 0.25) is 36.3 Å². The highest BCUT2D eigenvalue weighted by Crippen LogP contribution is 2.49. The fraction of sp³-hybridized carbons (Fsp3) is 0.515. The van der Waals surface area contributed by atoms with E-state index in [-0.39, 0.29) is 16.2 Å². The molecular formula is C33H51O3PSi2. The van der Waals surface area contributed by atoms with Gasteiger partial charge in [-0.05, 0) is 72.6 Å². The molecule has 0 aliphatic heterocycles. The zero-order valence-electron chi connectivity index (χ0n) is 25.8. The fourth-order valence-corrected chi connectivity index (χ4v) is 8.61. The Labute approximate surface area is 241 Å². The molecule has 3 rings (SSSR count). The number of hydrogen-bond donors (Lipinski definition) is 1. The average Bonchev–Trinajstić information content (AvgIpc) is 2.83. The van der Waals surface area contributed by atoms with Crippen molar-refractivity contribution in [3.05, 3.63) is 84.5 Å². The second kappa shape index (κ2) is 12.7. The first-order valence-electron chi connectivity index (χ1n) is 14.3. The van der Waals surface area contributed by atoms with E-state index in [1.807, 2.05) is 0 Å². The summed E-state index contributed by atoms with van der Waals surface area (Å²) in [5.74, 6) is 0.290. The van der Waals surface area contributed by atoms with E-state index in [0.29, 0.717) is 12.5 Å². The first-order chi connectivity index (χ1) is 18.0. The van der Waals surface area contributed by atoms with E-state index in [4.69, 9.17) is 8.95 Å². The summed E-state index contributed by atoms with van der Waals surface area (Å²) in [6.45, 7) is 25.3. The molecule has 0 saturated heterocycles. The van der Waals surface area contributed by atoms with Crippen LogP contribution in [0.15, 0.2) is 84.5 Å². The zero-order chi connectivity index (χ0) is 29.1. The molecule has 2 aromatic carbocycles. The normalized spacial score (nSPS) is 20.6. The van der Waals surface area contributed by atoms with Crippen molar-refractivity contribution >= 4 is 35.4 Å². The highest BCUT2D eigenvalue weighted by molar-refractivity contribution is 7.68. The van der Waals surface area contributed by atoms with E-state index in [0.717, 1.165) is 19.3 Å². The van der Waals surface area contributed by atoms with E-state index in [2.05, 4.69) is 134 Å². The molecule has 1 aliphatic rings. The molecule has 214 valence electrons. The average molecular weight is 583 g/mol. The minimum Gasteiger partial charge on any atom is -0.432 e. The Morgan fingerprint density at radius 2 is 1.44 bits per heavy atom. The lowest BCUT2D eigenvalue weighted by Crippen LogP contribution is -2.46. The first-order valence-corrected chi connectivity index (χ1v) is 21.4. The minimum absolute atomic E-state index is 0.115. The molecule has 0 bridgehead atoms. The van der Waals surface area contributed by atoms with E-state index < -0.39 is 24.8 Å². The Bertz CT molecular complexity index is 1080. The largest absolute Gasteiger partial charge is 0.432 e. The van der Waals surface area contributed by atoms with Gasteiger partial charge in [0.1, 0.15) is 0 Å². The van der Waals surface area contributed by atoms with Crippen LogP contribution in [0.4, 0.5) is 0 Å². The predicted molar refractivity (Wildman–Crippen MR) is 175 cm³/mol. The van der Waals surface area contributed by atoms with Crippen LogP contribution in [0.3, 0.4) is 0 Å². The summed E-state index contributed by atoms with van der Waals surface area (Å²) in [6, 6.07) is 21.1. The summed E-state index contributed by atoms with van der Waals surface area (Å²) in [6.07, 6.45) is 5.19. The molecule has 1 saturated carbocycles. The van der Waals surface area contributed by atoms with Gasteiger partial charge >= 0.3 is 0 Å². The molecule has 0 amide bonds. The number of rotatable bonds is 10. The van der Waals surface area contributed by atoms with Crippen molar-refractivity contribution in [1.29, 1.82) is 0 Å². The summed E-state index contributed by atoms with van der Waals surface area (Å²) < 4.78 is 13.6. The molecule has 2 atom stereocenters. The molecule has 0 spiro atoms. The topological polar surface area (TPSA) is 38.7 Å². The Morgan fingerprint density at radius 1 is 0.923 bits per heavy atom. The van der Waals surface area contributed by atoms with E-state index in [1.165, 1.54) is 21.8 Å². The molecule has 1 aliphatic carbocycles. The van der Waals surface area contributed by atoms with Crippen molar-refractivity contribution in [2.75, 3.05) is 6.61 Å². The van der Waals surface area contributed by atoms with Gasteiger partial charge < -0.3 is 13.7 Å². The maximum Gasteiger partial charge on any atom is 0.192 e. The van der Waals surface area contributed by atoms with Crippen molar-refractivity contribution in [3.8, 4) is 0 Å². The van der Waals surface area contributed by atoms with Crippen molar-refractivity contribution in [1.82, 2.24) is 0 Å². The highest BCUT2D eigenvalue weighted by Gasteiger charge is 2.44. The van der Waals surface area contributed by atoms with E-state index in [9.17, 15) is 4.80 Å². The van der Waals surface area contributed by atoms with Gasteiger partial charge in [0.05, 0.1) is 14.8 Å². The van der Waals surface area contributed by atoms with Crippen LogP contribution in [-0.4, -0.2) is 34.1 Å². The van der Waals surface area contributed by atoms with Gasteiger partial charge in [-0.15, -0.1) is 0 Å². The molecule has 1 fully saturated rings. The number of benzene rings is 2. The van der Waals surface area contributed by atoms with E-state index >= 15 is 0 Å². The predicted octanol–water partition coefficient (Wildman–Crippen LogP) is 8.70. The summed E-state index contributed by atoms with van der Waals surface area (Å²) in [5.41, 5.74) is 2.46. The molecule has 39 heavy (non-hydrogen) atoms. The van der Waals surface area contributed by atoms with Crippen LogP contribution in [-0.2, 0) is 8.95 Å². The molecule has 2 aromatic rings. The minimum atomic E-state index is -2.35. The SMILES string of the molecule is C=C1/C(=C\COP(c2ccccc2)c2ccccc2)C[C@@H](O[Si](C)(C)C(C)(C)C)C[C@@H]1CC(C)(C)[Si](C)(C)O. The van der Waals surface area contributed by atoms with Crippen LogP contribution < -0.4 is 10.6 Å². The van der Waals surface area contributed by atoms with Gasteiger partial charge in [0.15, 0.2) is 16.6 Å². The standard InChI is InChI=1S/C33H51O3PSi2/c1-26-27(21-22-35-37(30-17-13-11-14-18-30)31-19-15-12-16-20-31)23-29(36-39(9,10)32(2,3)4)24-28(26)25-33(5,6)38(7,8)34/h11-21,28-29,34H,1,22-25H2,2-10H3/b27-21-/t28-,29-/m1/s1. The summed E-state index contributed by atoms with van der Waals surface area (Å²) in [5, 5.41) is 2.47. The summed E-state index contributed by atoms with van der Waals surface area (Å²) in [7, 11) is -5.20. The smallest absolute Gasteiger partial charge is 0.192 e. The van der Waals surface area contributed by atoms with Gasteiger partial charge in [-0.3, -0.25) is 0 Å². The van der Waals surface area contributed by atoms with Gasteiger partial charge in [-0.1, -0.05) is 108 Å². The quantitative estimate of drug-likeness (QED) is 0.225. The fourth-order valence-electron chi connectivity index (χ4n) is 4.79. The molecule has 0 radical (unpaired) electrons. The summed E-state index contributed by atoms with van der Waals surface area (Å²) >= 11 is 0. The third-order valence-electron chi connectivity index (χ3n) is 9.10. The monoisotopic (exact) mass is 582 g/mol. The maximum atomic E-state index is 11.1. The van der Waals surface area contributed by atoms with Crippen molar-refractivity contribution in [3.63, 3.8) is 0 Å². The Hall–Kier alpha value is -1.34. The second-order valence-electron chi connectivity index (χ2n) is 13.8. The molecule has 6 heteroatoms. The second-order valence-corrected chi connectivity index (χ2v) is 24.9. The third-order valence-corrected chi connectivity index (χ3v) is 19.1. The molecule has 1 N–H and O–H groups in total. The molecule has 3 nitrogen and oxygen atoms in total. The van der Waals surface area contributed by atoms with E-state index in [1.54, 1.807) is 0 Å². The lowest BCUT2D eigenvalue weighted by atomic mass is 9.76. The Balaban J connectivity index is 1.87. The van der Waals surface area contributed by atoms with Gasteiger partial charge in [0, 0.05) is 16.7 Å². The lowest BCUT2D eigenvalue weighted by molar-refractivity contribution is 0.139. The lowest BCUT2D eigenvalue weighted by Gasteiger charge is -2.45. The van der Waals surface area contributed by atoms with Crippen LogP contribution in [0, 0.1) is 5.92 Å². The van der Waals surface area contributed by atoms with Crippen LogP contribution in [0.1, 0.15) is 53.9 Å². The van der Waals surface area contributed by atoms with Gasteiger partial charge in [0.2, 0.25) is 0 Å². The number of allylic oxidation sites excluding steroid dienone is 1. The van der Waals surface area contributed by atoms with Crippen LogP contribution in [0.5, 0.6) is 0 Å². The van der Waals surface area contributed by atoms with Crippen molar-refractivity contribution in [2.45, 2.75) is 96.2 Å². The Kier molecular flexibility index (Phi) is 10.5. The molecule has 0 aromatic heterocycles. The van der Waals surface area contributed by atoms with Gasteiger partial charge in [-0.25, -0.2) is 0 Å². The Morgan fingerprint density at radius 3 is 1.90 bits per heavy atom. The summed E-state index contributed by atoms with van der Waals surface area (Å²) in [4.78, 5) is 11.1.